The third-order valence-corrected chi connectivity index (χ3v) is 4.24. The van der Waals surface area contributed by atoms with Gasteiger partial charge in [-0.2, -0.15) is 5.10 Å². The second-order valence-corrected chi connectivity index (χ2v) is 6.49. The molecule has 3 heterocycles. The molecule has 0 aliphatic carbocycles. The largest absolute Gasteiger partial charge is 0.514 e. The summed E-state index contributed by atoms with van der Waals surface area (Å²) in [6.07, 6.45) is 5.56. The molecule has 0 radical (unpaired) electrons. The van der Waals surface area contributed by atoms with Gasteiger partial charge in [0.2, 0.25) is 0 Å². The molecular weight excluding hydrogens is 265 g/mol. The normalized spacial score (nSPS) is 20.0. The van der Waals surface area contributed by atoms with Crippen LogP contribution < -0.4 is 5.59 Å². The highest BCUT2D eigenvalue weighted by Gasteiger charge is 2.52. The maximum atomic E-state index is 6.03. The Bertz CT molecular complexity index is 650. The van der Waals surface area contributed by atoms with Crippen LogP contribution in [0.15, 0.2) is 30.7 Å². The average molecular weight is 285 g/mol. The maximum absolute atomic E-state index is 6.03. The molecule has 1 saturated heterocycles. The van der Waals surface area contributed by atoms with Crippen LogP contribution in [0.5, 0.6) is 0 Å². The van der Waals surface area contributed by atoms with Gasteiger partial charge < -0.3 is 9.31 Å². The van der Waals surface area contributed by atoms with E-state index in [2.05, 4.69) is 10.1 Å². The van der Waals surface area contributed by atoms with E-state index in [1.165, 1.54) is 0 Å². The Morgan fingerprint density at radius 3 is 2.38 bits per heavy atom. The van der Waals surface area contributed by atoms with Gasteiger partial charge in [0.15, 0.2) is 0 Å². The minimum atomic E-state index is -0.452. The first-order chi connectivity index (χ1) is 9.78. The van der Waals surface area contributed by atoms with Gasteiger partial charge in [0.05, 0.1) is 28.7 Å². The summed E-state index contributed by atoms with van der Waals surface area (Å²) in [4.78, 5) is 4.39. The first-order valence-corrected chi connectivity index (χ1v) is 7.12. The van der Waals surface area contributed by atoms with Crippen molar-refractivity contribution in [2.75, 3.05) is 0 Å². The molecule has 2 aromatic heterocycles. The fourth-order valence-corrected chi connectivity index (χ4v) is 2.23. The summed E-state index contributed by atoms with van der Waals surface area (Å²) in [5.41, 5.74) is 2.10. The van der Waals surface area contributed by atoms with E-state index in [-0.39, 0.29) is 11.2 Å². The van der Waals surface area contributed by atoms with Crippen molar-refractivity contribution in [1.82, 2.24) is 14.8 Å². The van der Waals surface area contributed by atoms with Crippen LogP contribution in [0.1, 0.15) is 33.3 Å². The Balaban J connectivity index is 1.91. The molecule has 6 heteroatoms. The summed E-state index contributed by atoms with van der Waals surface area (Å²) in [5.74, 6) is 0. The Kier molecular flexibility index (Phi) is 3.18. The van der Waals surface area contributed by atoms with Gasteiger partial charge in [-0.1, -0.05) is 0 Å². The molecule has 5 nitrogen and oxygen atoms in total. The monoisotopic (exact) mass is 285 g/mol. The summed E-state index contributed by atoms with van der Waals surface area (Å²) in [7, 11) is -0.452. The summed E-state index contributed by atoms with van der Waals surface area (Å²) < 4.78 is 13.9. The van der Waals surface area contributed by atoms with Crippen LogP contribution in [0.3, 0.4) is 0 Å². The van der Waals surface area contributed by atoms with Crippen LogP contribution in [0.4, 0.5) is 0 Å². The minimum absolute atomic E-state index is 0.363. The lowest BCUT2D eigenvalue weighted by Crippen LogP contribution is -2.41. The lowest BCUT2D eigenvalue weighted by Gasteiger charge is -2.32. The second-order valence-electron chi connectivity index (χ2n) is 6.49. The van der Waals surface area contributed by atoms with Crippen molar-refractivity contribution < 1.29 is 9.31 Å². The van der Waals surface area contributed by atoms with Crippen LogP contribution in [-0.2, 0) is 9.31 Å². The molecule has 0 unspecified atom stereocenters. The smallest absolute Gasteiger partial charge is 0.398 e. The highest BCUT2D eigenvalue weighted by molar-refractivity contribution is 6.61. The maximum Gasteiger partial charge on any atom is 0.514 e. The van der Waals surface area contributed by atoms with Crippen LogP contribution in [0, 0.1) is 6.92 Å². The molecule has 2 aromatic rings. The summed E-state index contributed by atoms with van der Waals surface area (Å²) in [6.45, 7) is 10.2. The third-order valence-electron chi connectivity index (χ3n) is 4.24. The van der Waals surface area contributed by atoms with Gasteiger partial charge in [0.1, 0.15) is 0 Å². The Morgan fingerprint density at radius 2 is 1.81 bits per heavy atom. The molecule has 1 aliphatic heterocycles. The zero-order chi connectivity index (χ0) is 15.3. The summed E-state index contributed by atoms with van der Waals surface area (Å²) in [6, 6.07) is 3.87. The molecule has 0 N–H and O–H groups in total. The second kappa shape index (κ2) is 4.68. The molecule has 3 rings (SSSR count). The third kappa shape index (κ3) is 2.49. The fraction of sp³-hybridized carbons (Fsp3) is 0.467. The number of aromatic nitrogens is 3. The average Bonchev–Trinajstić information content (AvgIpc) is 2.92. The number of hydrogen-bond acceptors (Lipinski definition) is 4. The quantitative estimate of drug-likeness (QED) is 0.790. The predicted octanol–water partition coefficient (Wildman–Crippen LogP) is 1.87. The van der Waals surface area contributed by atoms with E-state index in [9.17, 15) is 0 Å². The van der Waals surface area contributed by atoms with Gasteiger partial charge in [0.25, 0.3) is 0 Å². The van der Waals surface area contributed by atoms with Crippen LogP contribution in [0.2, 0.25) is 0 Å². The fourth-order valence-electron chi connectivity index (χ4n) is 2.23. The topological polar surface area (TPSA) is 49.2 Å². The molecule has 1 fully saturated rings. The van der Waals surface area contributed by atoms with E-state index in [0.29, 0.717) is 0 Å². The molecule has 0 aromatic carbocycles. The first kappa shape index (κ1) is 14.3. The highest BCUT2D eigenvalue weighted by atomic mass is 16.7. The lowest BCUT2D eigenvalue weighted by molar-refractivity contribution is 0.00578. The highest BCUT2D eigenvalue weighted by Crippen LogP contribution is 2.36. The van der Waals surface area contributed by atoms with Gasteiger partial charge in [-0.3, -0.25) is 4.98 Å². The zero-order valence-corrected chi connectivity index (χ0v) is 13.1. The number of pyridine rings is 1. The predicted molar refractivity (Wildman–Crippen MR) is 81.8 cm³/mol. The van der Waals surface area contributed by atoms with Crippen molar-refractivity contribution in [2.45, 2.75) is 45.8 Å². The zero-order valence-electron chi connectivity index (χ0n) is 13.1. The summed E-state index contributed by atoms with van der Waals surface area (Å²) in [5, 5.41) is 4.32. The Labute approximate surface area is 125 Å². The van der Waals surface area contributed by atoms with Crippen LogP contribution >= 0.6 is 0 Å². The van der Waals surface area contributed by atoms with Gasteiger partial charge in [-0.15, -0.1) is 0 Å². The molecule has 21 heavy (non-hydrogen) atoms. The standard InChI is InChI=1S/C15H20BN3O2/c1-11-9-18-19(10-11)12-6-7-17-13(8-12)16-20-14(2,3)15(4,5)21-16/h6-10H,1-5H3. The van der Waals surface area contributed by atoms with Crippen molar-refractivity contribution in [3.05, 3.63) is 36.3 Å². The van der Waals surface area contributed by atoms with Crippen molar-refractivity contribution in [1.29, 1.82) is 0 Å². The van der Waals surface area contributed by atoms with Crippen molar-refractivity contribution in [3.8, 4) is 5.69 Å². The molecular formula is C15H20BN3O2. The van der Waals surface area contributed by atoms with E-state index in [1.807, 2.05) is 63.8 Å². The molecule has 1 aliphatic rings. The van der Waals surface area contributed by atoms with E-state index < -0.39 is 7.12 Å². The van der Waals surface area contributed by atoms with Crippen molar-refractivity contribution in [3.63, 3.8) is 0 Å². The Hall–Kier alpha value is -1.66. The van der Waals surface area contributed by atoms with Gasteiger partial charge in [-0.25, -0.2) is 4.68 Å². The van der Waals surface area contributed by atoms with Gasteiger partial charge >= 0.3 is 7.12 Å². The number of aryl methyl sites for hydroxylation is 1. The molecule has 0 spiro atoms. The molecule has 0 bridgehead atoms. The van der Waals surface area contributed by atoms with Gasteiger partial charge in [-0.05, 0) is 52.3 Å². The molecule has 0 amide bonds. The first-order valence-electron chi connectivity index (χ1n) is 7.12. The minimum Gasteiger partial charge on any atom is -0.398 e. The molecule has 0 atom stereocenters. The number of hydrogen-bond donors (Lipinski definition) is 0. The lowest BCUT2D eigenvalue weighted by atomic mass is 9.84. The van der Waals surface area contributed by atoms with E-state index in [4.69, 9.17) is 9.31 Å². The van der Waals surface area contributed by atoms with Crippen molar-refractivity contribution >= 4 is 12.7 Å². The van der Waals surface area contributed by atoms with Crippen LogP contribution in [0.25, 0.3) is 5.69 Å². The SMILES string of the molecule is Cc1cnn(-c2ccnc(B3OC(C)(C)C(C)(C)O3)c2)c1. The van der Waals surface area contributed by atoms with Crippen molar-refractivity contribution in [2.24, 2.45) is 0 Å². The van der Waals surface area contributed by atoms with E-state index in [0.717, 1.165) is 16.8 Å². The molecule has 0 saturated carbocycles. The van der Waals surface area contributed by atoms with E-state index >= 15 is 0 Å². The van der Waals surface area contributed by atoms with Gasteiger partial charge in [0, 0.05) is 12.4 Å². The number of rotatable bonds is 2. The van der Waals surface area contributed by atoms with E-state index in [1.54, 1.807) is 6.20 Å². The number of nitrogens with zero attached hydrogens (tertiary/aromatic N) is 3. The summed E-state index contributed by atoms with van der Waals surface area (Å²) >= 11 is 0. The van der Waals surface area contributed by atoms with Crippen LogP contribution in [-0.4, -0.2) is 33.1 Å². The molecule has 110 valence electrons. The Morgan fingerprint density at radius 1 is 1.14 bits per heavy atom.